The number of aryl methyl sites for hydroxylation is 1. The monoisotopic (exact) mass is 417 g/mol. The largest absolute Gasteiger partial charge is 0.352 e. The maximum Gasteiger partial charge on any atom is 0.273 e. The average Bonchev–Trinajstić information content (AvgIpc) is 2.79. The third-order valence-corrected chi connectivity index (χ3v) is 5.69. The Hall–Kier alpha value is -3.81. The molecule has 1 amide bonds. The molecule has 0 aliphatic carbocycles. The van der Waals surface area contributed by atoms with Gasteiger partial charge in [-0.3, -0.25) is 14.9 Å². The zero-order valence-corrected chi connectivity index (χ0v) is 17.5. The molecular weight excluding hydrogens is 394 g/mol. The fourth-order valence-corrected chi connectivity index (χ4v) is 3.86. The minimum atomic E-state index is -0.455. The Bertz CT molecular complexity index is 1120. The van der Waals surface area contributed by atoms with Crippen molar-refractivity contribution in [1.29, 1.82) is 0 Å². The van der Waals surface area contributed by atoms with Crippen LogP contribution in [0.15, 0.2) is 54.6 Å². The number of aromatic nitrogens is 2. The summed E-state index contributed by atoms with van der Waals surface area (Å²) in [5.74, 6) is 0.595. The summed E-state index contributed by atoms with van der Waals surface area (Å²) in [6.07, 6.45) is 0. The molecule has 0 saturated carbocycles. The first kappa shape index (κ1) is 20.5. The topological polar surface area (TPSA) is 92.5 Å². The van der Waals surface area contributed by atoms with E-state index in [2.05, 4.69) is 15.1 Å². The van der Waals surface area contributed by atoms with E-state index in [0.717, 1.165) is 22.6 Å². The summed E-state index contributed by atoms with van der Waals surface area (Å²) >= 11 is 0. The molecule has 2 aromatic carbocycles. The number of hydrogen-bond acceptors (Lipinski definition) is 6. The summed E-state index contributed by atoms with van der Waals surface area (Å²) in [5, 5.41) is 19.9. The van der Waals surface area contributed by atoms with E-state index < -0.39 is 4.92 Å². The van der Waals surface area contributed by atoms with Gasteiger partial charge in [-0.1, -0.05) is 30.3 Å². The third-order valence-electron chi connectivity index (χ3n) is 5.69. The molecule has 3 aromatic rings. The van der Waals surface area contributed by atoms with Crippen LogP contribution in [0.4, 0.5) is 11.5 Å². The molecule has 0 spiro atoms. The van der Waals surface area contributed by atoms with Crippen LogP contribution in [-0.2, 0) is 0 Å². The molecule has 1 saturated heterocycles. The standard InChI is InChI=1S/C23H23N5O3/c1-16-6-3-4-7-18(16)20-10-11-22(25-24-20)26-12-14-27(15-13-26)23(29)19-8-5-9-21(17(19)2)28(30)31/h3-11H,12-15H2,1-2H3. The van der Waals surface area contributed by atoms with Gasteiger partial charge in [0.15, 0.2) is 5.82 Å². The van der Waals surface area contributed by atoms with Gasteiger partial charge in [-0.2, -0.15) is 0 Å². The first-order valence-corrected chi connectivity index (χ1v) is 10.1. The number of carbonyl (C=O) groups is 1. The number of piperazine rings is 1. The molecular formula is C23H23N5O3. The van der Waals surface area contributed by atoms with Gasteiger partial charge < -0.3 is 9.80 Å². The van der Waals surface area contributed by atoms with Gasteiger partial charge in [0.2, 0.25) is 0 Å². The summed E-state index contributed by atoms with van der Waals surface area (Å²) in [4.78, 5) is 27.5. The number of nitrogens with zero attached hydrogens (tertiary/aromatic N) is 5. The van der Waals surface area contributed by atoms with Crippen LogP contribution in [-0.4, -0.2) is 52.1 Å². The number of carbonyl (C=O) groups excluding carboxylic acids is 1. The van der Waals surface area contributed by atoms with Crippen molar-refractivity contribution in [3.8, 4) is 11.3 Å². The van der Waals surface area contributed by atoms with E-state index in [-0.39, 0.29) is 11.6 Å². The normalized spacial score (nSPS) is 13.9. The third kappa shape index (κ3) is 4.09. The van der Waals surface area contributed by atoms with E-state index in [0.29, 0.717) is 37.3 Å². The first-order chi connectivity index (χ1) is 15.0. The second kappa shape index (κ2) is 8.51. The zero-order chi connectivity index (χ0) is 22.0. The fraction of sp³-hybridized carbons (Fsp3) is 0.261. The van der Waals surface area contributed by atoms with Gasteiger partial charge in [0.05, 0.1) is 10.6 Å². The van der Waals surface area contributed by atoms with E-state index in [9.17, 15) is 14.9 Å². The maximum atomic E-state index is 12.9. The van der Waals surface area contributed by atoms with Gasteiger partial charge in [0.1, 0.15) is 0 Å². The highest BCUT2D eigenvalue weighted by molar-refractivity contribution is 5.96. The molecule has 0 bridgehead atoms. The molecule has 0 atom stereocenters. The van der Waals surface area contributed by atoms with E-state index in [1.54, 1.807) is 24.0 Å². The van der Waals surface area contributed by atoms with Crippen LogP contribution >= 0.6 is 0 Å². The highest BCUT2D eigenvalue weighted by Crippen LogP contribution is 2.24. The molecule has 1 aliphatic rings. The van der Waals surface area contributed by atoms with Crippen molar-refractivity contribution in [3.05, 3.63) is 81.4 Å². The van der Waals surface area contributed by atoms with Crippen LogP contribution in [0.3, 0.4) is 0 Å². The van der Waals surface area contributed by atoms with Gasteiger partial charge in [-0.15, -0.1) is 10.2 Å². The van der Waals surface area contributed by atoms with Crippen LogP contribution in [0.25, 0.3) is 11.3 Å². The molecule has 1 fully saturated rings. The number of nitro groups is 1. The van der Waals surface area contributed by atoms with Crippen molar-refractivity contribution < 1.29 is 9.72 Å². The molecule has 8 nitrogen and oxygen atoms in total. The second-order valence-electron chi connectivity index (χ2n) is 7.58. The molecule has 4 rings (SSSR count). The SMILES string of the molecule is Cc1ccccc1-c1ccc(N2CCN(C(=O)c3cccc([N+](=O)[O-])c3C)CC2)nn1. The maximum absolute atomic E-state index is 12.9. The molecule has 2 heterocycles. The molecule has 158 valence electrons. The van der Waals surface area contributed by atoms with Crippen LogP contribution < -0.4 is 4.90 Å². The first-order valence-electron chi connectivity index (χ1n) is 10.1. The lowest BCUT2D eigenvalue weighted by Crippen LogP contribution is -2.49. The van der Waals surface area contributed by atoms with Gasteiger partial charge in [-0.25, -0.2) is 0 Å². The van der Waals surface area contributed by atoms with Crippen LogP contribution in [0.2, 0.25) is 0 Å². The summed E-state index contributed by atoms with van der Waals surface area (Å²) in [7, 11) is 0. The Morgan fingerprint density at radius 1 is 0.935 bits per heavy atom. The Morgan fingerprint density at radius 2 is 1.68 bits per heavy atom. The number of amides is 1. The Labute approximate surface area is 180 Å². The molecule has 31 heavy (non-hydrogen) atoms. The highest BCUT2D eigenvalue weighted by atomic mass is 16.6. The lowest BCUT2D eigenvalue weighted by molar-refractivity contribution is -0.385. The van der Waals surface area contributed by atoms with Crippen molar-refractivity contribution in [2.24, 2.45) is 0 Å². The zero-order valence-electron chi connectivity index (χ0n) is 17.5. The van der Waals surface area contributed by atoms with Gasteiger partial charge in [0.25, 0.3) is 11.6 Å². The van der Waals surface area contributed by atoms with Crippen LogP contribution in [0.5, 0.6) is 0 Å². The molecule has 1 aliphatic heterocycles. The number of hydrogen-bond donors (Lipinski definition) is 0. The highest BCUT2D eigenvalue weighted by Gasteiger charge is 2.26. The number of anilines is 1. The van der Waals surface area contributed by atoms with Crippen molar-refractivity contribution in [2.75, 3.05) is 31.1 Å². The quantitative estimate of drug-likeness (QED) is 0.475. The van der Waals surface area contributed by atoms with E-state index in [1.807, 2.05) is 43.3 Å². The van der Waals surface area contributed by atoms with E-state index >= 15 is 0 Å². The molecule has 8 heteroatoms. The summed E-state index contributed by atoms with van der Waals surface area (Å²) in [6.45, 7) is 5.94. The Morgan fingerprint density at radius 3 is 2.32 bits per heavy atom. The van der Waals surface area contributed by atoms with Crippen molar-refractivity contribution in [1.82, 2.24) is 15.1 Å². The van der Waals surface area contributed by atoms with Crippen LogP contribution in [0.1, 0.15) is 21.5 Å². The molecule has 0 N–H and O–H groups in total. The lowest BCUT2D eigenvalue weighted by Gasteiger charge is -2.35. The summed E-state index contributed by atoms with van der Waals surface area (Å²) in [6, 6.07) is 16.6. The predicted octanol–water partition coefficient (Wildman–Crippen LogP) is 3.63. The minimum Gasteiger partial charge on any atom is -0.352 e. The second-order valence-corrected chi connectivity index (χ2v) is 7.58. The Balaban J connectivity index is 1.43. The number of nitro benzene ring substituents is 1. The lowest BCUT2D eigenvalue weighted by atomic mass is 10.1. The van der Waals surface area contributed by atoms with E-state index in [4.69, 9.17) is 0 Å². The predicted molar refractivity (Wildman–Crippen MR) is 118 cm³/mol. The average molecular weight is 417 g/mol. The summed E-state index contributed by atoms with van der Waals surface area (Å²) in [5.41, 5.74) is 3.78. The Kier molecular flexibility index (Phi) is 5.62. The van der Waals surface area contributed by atoms with Gasteiger partial charge >= 0.3 is 0 Å². The number of benzene rings is 2. The van der Waals surface area contributed by atoms with Crippen molar-refractivity contribution >= 4 is 17.4 Å². The molecule has 1 aromatic heterocycles. The minimum absolute atomic E-state index is 0.0338. The van der Waals surface area contributed by atoms with Crippen LogP contribution in [0, 0.1) is 24.0 Å². The van der Waals surface area contributed by atoms with Gasteiger partial charge in [-0.05, 0) is 37.6 Å². The van der Waals surface area contributed by atoms with Crippen molar-refractivity contribution in [3.63, 3.8) is 0 Å². The molecule has 0 unspecified atom stereocenters. The smallest absolute Gasteiger partial charge is 0.273 e. The van der Waals surface area contributed by atoms with Crippen molar-refractivity contribution in [2.45, 2.75) is 13.8 Å². The summed E-state index contributed by atoms with van der Waals surface area (Å²) < 4.78 is 0. The fourth-order valence-electron chi connectivity index (χ4n) is 3.86. The van der Waals surface area contributed by atoms with Gasteiger partial charge in [0, 0.05) is 48.9 Å². The molecule has 0 radical (unpaired) electrons. The number of rotatable bonds is 4. The van der Waals surface area contributed by atoms with E-state index in [1.165, 1.54) is 6.07 Å².